The number of nitrogens with zero attached hydrogens (tertiary/aromatic N) is 2. The topological polar surface area (TPSA) is 134 Å². The van der Waals surface area contributed by atoms with Crippen LogP contribution < -0.4 is 0 Å². The van der Waals surface area contributed by atoms with Gasteiger partial charge < -0.3 is 29.5 Å². The second-order valence-corrected chi connectivity index (χ2v) is 12.2. The molecule has 2 aliphatic carbocycles. The molecule has 7 aliphatic rings. The Labute approximate surface area is 191 Å². The summed E-state index contributed by atoms with van der Waals surface area (Å²) in [6.07, 6.45) is -3.40. The third-order valence-electron chi connectivity index (χ3n) is 8.31. The predicted molar refractivity (Wildman–Crippen MR) is 111 cm³/mol. The van der Waals surface area contributed by atoms with Crippen LogP contribution in [0.1, 0.15) is 25.7 Å². The van der Waals surface area contributed by atoms with Gasteiger partial charge in [-0.15, -0.1) is 0 Å². The summed E-state index contributed by atoms with van der Waals surface area (Å²) in [5, 5.41) is 22.0. The Bertz CT molecular complexity index is 875. The van der Waals surface area contributed by atoms with Gasteiger partial charge in [-0.25, -0.2) is 0 Å². The lowest BCUT2D eigenvalue weighted by Gasteiger charge is -2.59. The van der Waals surface area contributed by atoms with Crippen LogP contribution in [0.25, 0.3) is 0 Å². The van der Waals surface area contributed by atoms with Crippen molar-refractivity contribution in [3.05, 3.63) is 0 Å². The van der Waals surface area contributed by atoms with Gasteiger partial charge in [-0.05, 0) is 0 Å². The normalized spacial score (nSPS) is 51.6. The van der Waals surface area contributed by atoms with Crippen LogP contribution in [0, 0.1) is 11.8 Å². The number of carbonyl (C=O) groups excluding carboxylic acids is 4. The van der Waals surface area contributed by atoms with E-state index in [0.29, 0.717) is 0 Å². The Morgan fingerprint density at radius 1 is 0.781 bits per heavy atom. The van der Waals surface area contributed by atoms with E-state index in [1.807, 2.05) is 0 Å². The first-order chi connectivity index (χ1) is 15.2. The molecule has 0 aromatic heterocycles. The zero-order valence-corrected chi connectivity index (χ0v) is 19.1. The van der Waals surface area contributed by atoms with Crippen LogP contribution in [0.5, 0.6) is 0 Å². The summed E-state index contributed by atoms with van der Waals surface area (Å²) in [4.78, 5) is 54.0. The summed E-state index contributed by atoms with van der Waals surface area (Å²) in [7, 11) is 5.31. The Balaban J connectivity index is 1.46. The molecule has 0 aromatic rings. The fraction of sp³-hybridized carbons (Fsp3) is 0.800. The van der Waals surface area contributed by atoms with Gasteiger partial charge in [0.1, 0.15) is 23.8 Å². The summed E-state index contributed by atoms with van der Waals surface area (Å²) >= 11 is 0. The Kier molecular flexibility index (Phi) is 4.47. The number of rotatable bonds is 2. The van der Waals surface area contributed by atoms with Crippen LogP contribution in [-0.4, -0.2) is 104 Å². The highest BCUT2D eigenvalue weighted by atomic mass is 33.1. The van der Waals surface area contributed by atoms with E-state index in [1.54, 1.807) is 0 Å². The molecule has 2 N–H and O–H groups in total. The zero-order chi connectivity index (χ0) is 22.7. The summed E-state index contributed by atoms with van der Waals surface area (Å²) in [6, 6.07) is -1.69. The third-order valence-corrected chi connectivity index (χ3v) is 11.9. The first-order valence-corrected chi connectivity index (χ1v) is 12.9. The number of fused-ring (bicyclic) bond motifs is 3. The van der Waals surface area contributed by atoms with Crippen molar-refractivity contribution in [1.82, 2.24) is 9.80 Å². The maximum atomic E-state index is 14.0. The van der Waals surface area contributed by atoms with Gasteiger partial charge in [-0.3, -0.25) is 19.2 Å². The van der Waals surface area contributed by atoms with Gasteiger partial charge in [-0.1, -0.05) is 21.6 Å². The summed E-state index contributed by atoms with van der Waals surface area (Å²) in [5.74, 6) is -2.33. The number of ether oxygens (including phenoxy) is 2. The minimum Gasteiger partial charge on any atom is -0.388 e. The van der Waals surface area contributed by atoms with E-state index in [9.17, 15) is 29.4 Å². The number of ketones is 2. The van der Waals surface area contributed by atoms with Gasteiger partial charge in [0.25, 0.3) is 11.8 Å². The van der Waals surface area contributed by atoms with E-state index in [1.165, 1.54) is 45.6 Å². The number of methoxy groups -OCH3 is 2. The molecule has 2 spiro atoms. The molecule has 10 unspecified atom stereocenters. The van der Waals surface area contributed by atoms with E-state index in [0.717, 1.165) is 0 Å². The van der Waals surface area contributed by atoms with Gasteiger partial charge >= 0.3 is 0 Å². The van der Waals surface area contributed by atoms with E-state index < -0.39 is 58.1 Å². The average molecular weight is 485 g/mol. The molecule has 5 heterocycles. The van der Waals surface area contributed by atoms with Crippen molar-refractivity contribution in [2.24, 2.45) is 11.8 Å². The average Bonchev–Trinajstić information content (AvgIpc) is 3.32. The number of aliphatic hydroxyl groups excluding tert-OH is 2. The van der Waals surface area contributed by atoms with E-state index in [4.69, 9.17) is 9.47 Å². The maximum Gasteiger partial charge on any atom is 0.261 e. The second-order valence-electron chi connectivity index (χ2n) is 9.56. The first-order valence-electron chi connectivity index (χ1n) is 10.7. The largest absolute Gasteiger partial charge is 0.388 e. The molecule has 5 aliphatic heterocycles. The fourth-order valence-corrected chi connectivity index (χ4v) is 10.6. The van der Waals surface area contributed by atoms with Crippen molar-refractivity contribution >= 4 is 45.0 Å². The zero-order valence-electron chi connectivity index (χ0n) is 17.5. The number of hydrogen-bond acceptors (Lipinski definition) is 10. The van der Waals surface area contributed by atoms with Gasteiger partial charge in [-0.2, -0.15) is 0 Å². The lowest BCUT2D eigenvalue weighted by Crippen LogP contribution is -2.78. The van der Waals surface area contributed by atoms with Crippen LogP contribution in [0.4, 0.5) is 0 Å². The molecule has 2 saturated carbocycles. The summed E-state index contributed by atoms with van der Waals surface area (Å²) < 4.78 is 10.6. The number of piperazine rings is 1. The molecule has 10 atom stereocenters. The van der Waals surface area contributed by atoms with Crippen LogP contribution in [0.15, 0.2) is 0 Å². The third kappa shape index (κ3) is 2.24. The lowest BCUT2D eigenvalue weighted by molar-refractivity contribution is -0.177. The minimum absolute atomic E-state index is 0.0330. The minimum atomic E-state index is -1.35. The van der Waals surface area contributed by atoms with Crippen LogP contribution >= 0.6 is 21.6 Å². The van der Waals surface area contributed by atoms with E-state index >= 15 is 0 Å². The second kappa shape index (κ2) is 6.70. The van der Waals surface area contributed by atoms with Gasteiger partial charge in [0, 0.05) is 51.7 Å². The van der Waals surface area contributed by atoms with Crippen LogP contribution in [-0.2, 0) is 28.7 Å². The molecular formula is C20H24N2O8S2. The molecule has 7 fully saturated rings. The lowest BCUT2D eigenvalue weighted by atomic mass is 9.79. The molecule has 2 bridgehead atoms. The van der Waals surface area contributed by atoms with Crippen molar-refractivity contribution in [3.8, 4) is 0 Å². The Morgan fingerprint density at radius 3 is 1.50 bits per heavy atom. The van der Waals surface area contributed by atoms with Gasteiger partial charge in [0.05, 0.1) is 24.3 Å². The highest BCUT2D eigenvalue weighted by Crippen LogP contribution is 2.70. The van der Waals surface area contributed by atoms with Gasteiger partial charge in [0.2, 0.25) is 0 Å². The molecule has 10 nitrogen and oxygen atoms in total. The highest BCUT2D eigenvalue weighted by molar-refractivity contribution is 8.78. The summed E-state index contributed by atoms with van der Waals surface area (Å²) in [6.45, 7) is 0. The van der Waals surface area contributed by atoms with Crippen molar-refractivity contribution in [1.29, 1.82) is 0 Å². The number of carbonyl (C=O) groups is 4. The van der Waals surface area contributed by atoms with Crippen molar-refractivity contribution in [2.75, 3.05) is 14.2 Å². The molecule has 174 valence electrons. The maximum absolute atomic E-state index is 14.0. The van der Waals surface area contributed by atoms with E-state index in [-0.39, 0.29) is 49.1 Å². The standard InChI is InChI=1S/C20H24N2O8S2/c1-29-11-3-9(23)7-5-19-18(28)22-14-8(10(24)4-12(30-2)16(14)26)6-20(22,32-31-19)17(27)21(19)13(7)15(11)25/h7-8,11-16,25-26H,3-6H2,1-2H3. The van der Waals surface area contributed by atoms with Crippen molar-refractivity contribution in [3.63, 3.8) is 0 Å². The molecule has 5 saturated heterocycles. The SMILES string of the molecule is COC1CC(=O)C2CC34SSC5(CC6C(=O)CC(OC)C(O)C6N5C3=O)C(=O)N4C2C1O. The molecule has 0 radical (unpaired) electrons. The number of aliphatic hydroxyl groups is 2. The number of hydrogen-bond donors (Lipinski definition) is 2. The number of amides is 2. The Hall–Kier alpha value is -1.18. The fourth-order valence-electron chi connectivity index (χ4n) is 6.81. The van der Waals surface area contributed by atoms with Crippen molar-refractivity contribution < 1.29 is 38.9 Å². The molecule has 2 amide bonds. The highest BCUT2D eigenvalue weighted by Gasteiger charge is 2.80. The Morgan fingerprint density at radius 2 is 1.16 bits per heavy atom. The van der Waals surface area contributed by atoms with E-state index in [2.05, 4.69) is 0 Å². The molecule has 32 heavy (non-hydrogen) atoms. The van der Waals surface area contributed by atoms with Crippen LogP contribution in [0.3, 0.4) is 0 Å². The monoisotopic (exact) mass is 484 g/mol. The van der Waals surface area contributed by atoms with Crippen molar-refractivity contribution in [2.45, 2.75) is 71.9 Å². The first kappa shape index (κ1) is 21.4. The summed E-state index contributed by atoms with van der Waals surface area (Å²) in [5.41, 5.74) is 0. The smallest absolute Gasteiger partial charge is 0.261 e. The quantitative estimate of drug-likeness (QED) is 0.466. The molecule has 0 aromatic carbocycles. The molecule has 7 rings (SSSR count). The predicted octanol–water partition coefficient (Wildman–Crippen LogP) is -1.08. The molecular weight excluding hydrogens is 460 g/mol. The molecule has 12 heteroatoms. The number of Topliss-reactive ketones (excluding diaryl/α,β-unsaturated/α-hetero) is 2. The van der Waals surface area contributed by atoms with Gasteiger partial charge in [0.15, 0.2) is 9.74 Å². The van der Waals surface area contributed by atoms with Crippen LogP contribution in [0.2, 0.25) is 0 Å².